The van der Waals surface area contributed by atoms with E-state index in [1.807, 2.05) is 5.43 Å². The molecule has 0 unspecified atom stereocenters. The van der Waals surface area contributed by atoms with Crippen LogP contribution in [0.4, 0.5) is 4.79 Å². The van der Waals surface area contributed by atoms with Crippen LogP contribution in [0, 0.1) is 0 Å². The Morgan fingerprint density at radius 3 is 3.11 bits per heavy atom. The van der Waals surface area contributed by atoms with Gasteiger partial charge >= 0.3 is 6.03 Å². The van der Waals surface area contributed by atoms with Crippen LogP contribution >= 0.6 is 0 Å². The molecule has 1 rings (SSSR count). The van der Waals surface area contributed by atoms with Crippen LogP contribution in [-0.2, 0) is 4.74 Å². The van der Waals surface area contributed by atoms with E-state index < -0.39 is 0 Å². The Kier molecular flexibility index (Phi) is 1.55. The number of nitrogens with one attached hydrogen (secondary N) is 1. The number of nitrogens with zero attached hydrogens (tertiary/aromatic N) is 1. The van der Waals surface area contributed by atoms with E-state index in [-0.39, 0.29) is 12.8 Å². The minimum absolute atomic E-state index is 0.239. The molecule has 0 saturated carbocycles. The second-order valence-electron chi connectivity index (χ2n) is 1.50. The molecule has 1 aliphatic heterocycles. The monoisotopic (exact) mass is 129 g/mol. The number of carbonyl (C=O) groups is 1. The molecule has 50 valence electrons. The molecule has 0 aromatic rings. The largest absolute Gasteiger partial charge is 0.479 e. The molecule has 9 heavy (non-hydrogen) atoms. The number of nitrogens with two attached hydrogens (primary N) is 1. The van der Waals surface area contributed by atoms with Crippen LogP contribution in [0.3, 0.4) is 0 Å². The zero-order valence-corrected chi connectivity index (χ0v) is 4.70. The molecule has 0 fully saturated rings. The lowest BCUT2D eigenvalue weighted by Gasteiger charge is -2.08. The summed E-state index contributed by atoms with van der Waals surface area (Å²) in [7, 11) is 0. The number of rotatable bonds is 0. The SMILES string of the molecule is NNC(=O)N1C=COC1. The first-order chi connectivity index (χ1) is 4.34. The number of hydrogen-bond donors (Lipinski definition) is 2. The lowest BCUT2D eigenvalue weighted by atomic mass is 10.8. The van der Waals surface area contributed by atoms with Gasteiger partial charge in [0.25, 0.3) is 0 Å². The molecule has 0 bridgehead atoms. The van der Waals surface area contributed by atoms with Crippen molar-refractivity contribution in [3.8, 4) is 0 Å². The average molecular weight is 129 g/mol. The van der Waals surface area contributed by atoms with Gasteiger partial charge in [-0.2, -0.15) is 0 Å². The number of urea groups is 1. The molecule has 0 aromatic heterocycles. The van der Waals surface area contributed by atoms with Crippen molar-refractivity contribution < 1.29 is 9.53 Å². The molecule has 0 atom stereocenters. The van der Waals surface area contributed by atoms with Gasteiger partial charge in [0, 0.05) is 6.20 Å². The van der Waals surface area contributed by atoms with E-state index in [1.54, 1.807) is 0 Å². The standard InChI is InChI=1S/C4H7N3O2/c5-6-4(8)7-1-2-9-3-7/h1-2H,3,5H2,(H,6,8). The molecule has 3 N–H and O–H groups in total. The normalized spacial score (nSPS) is 15.4. The molecule has 5 nitrogen and oxygen atoms in total. The van der Waals surface area contributed by atoms with Crippen molar-refractivity contribution in [3.63, 3.8) is 0 Å². The van der Waals surface area contributed by atoms with Gasteiger partial charge in [-0.05, 0) is 0 Å². The Balaban J connectivity index is 2.43. The fourth-order valence-corrected chi connectivity index (χ4v) is 0.492. The van der Waals surface area contributed by atoms with Crippen molar-refractivity contribution >= 4 is 6.03 Å². The zero-order valence-electron chi connectivity index (χ0n) is 4.70. The Labute approximate surface area is 52.0 Å². The van der Waals surface area contributed by atoms with Crippen molar-refractivity contribution in [2.24, 2.45) is 5.84 Å². The molecule has 0 spiro atoms. The van der Waals surface area contributed by atoms with Crippen LogP contribution in [0.25, 0.3) is 0 Å². The third-order valence-corrected chi connectivity index (χ3v) is 0.935. The average Bonchev–Trinajstić information content (AvgIpc) is 2.37. The van der Waals surface area contributed by atoms with Gasteiger partial charge in [0.1, 0.15) is 6.26 Å². The van der Waals surface area contributed by atoms with E-state index in [1.165, 1.54) is 17.4 Å². The molecule has 2 amide bonds. The molecular formula is C4H7N3O2. The minimum atomic E-state index is -0.372. The van der Waals surface area contributed by atoms with Gasteiger partial charge < -0.3 is 4.74 Å². The Hall–Kier alpha value is -1.23. The van der Waals surface area contributed by atoms with Gasteiger partial charge in [0.05, 0.1) is 0 Å². The number of ether oxygens (including phenoxy) is 1. The highest BCUT2D eigenvalue weighted by Crippen LogP contribution is 1.98. The van der Waals surface area contributed by atoms with Gasteiger partial charge in [-0.1, -0.05) is 0 Å². The maximum atomic E-state index is 10.6. The first-order valence-electron chi connectivity index (χ1n) is 2.40. The predicted octanol–water partition coefficient (Wildman–Crippen LogP) is -0.669. The summed E-state index contributed by atoms with van der Waals surface area (Å²) >= 11 is 0. The lowest BCUT2D eigenvalue weighted by molar-refractivity contribution is 0.166. The number of carbonyl (C=O) groups excluding carboxylic acids is 1. The van der Waals surface area contributed by atoms with Crippen LogP contribution in [0.15, 0.2) is 12.5 Å². The molecule has 1 heterocycles. The van der Waals surface area contributed by atoms with Crippen LogP contribution in [-0.4, -0.2) is 17.7 Å². The third-order valence-electron chi connectivity index (χ3n) is 0.935. The molecule has 1 aliphatic rings. The fraction of sp³-hybridized carbons (Fsp3) is 0.250. The summed E-state index contributed by atoms with van der Waals surface area (Å²) in [5.74, 6) is 4.82. The van der Waals surface area contributed by atoms with E-state index in [0.717, 1.165) is 0 Å². The van der Waals surface area contributed by atoms with E-state index in [0.29, 0.717) is 0 Å². The van der Waals surface area contributed by atoms with E-state index in [2.05, 4.69) is 0 Å². The second-order valence-corrected chi connectivity index (χ2v) is 1.50. The molecule has 0 aliphatic carbocycles. The maximum Gasteiger partial charge on any atom is 0.338 e. The zero-order chi connectivity index (χ0) is 6.69. The maximum absolute atomic E-state index is 10.6. The van der Waals surface area contributed by atoms with Crippen LogP contribution in [0.5, 0.6) is 0 Å². The second kappa shape index (κ2) is 2.36. The Morgan fingerprint density at radius 2 is 2.67 bits per heavy atom. The third kappa shape index (κ3) is 1.11. The minimum Gasteiger partial charge on any atom is -0.479 e. The fourth-order valence-electron chi connectivity index (χ4n) is 0.492. The smallest absolute Gasteiger partial charge is 0.338 e. The van der Waals surface area contributed by atoms with E-state index in [9.17, 15) is 4.79 Å². The van der Waals surface area contributed by atoms with E-state index in [4.69, 9.17) is 10.6 Å². The summed E-state index contributed by atoms with van der Waals surface area (Å²) in [6.45, 7) is 0.239. The predicted molar refractivity (Wildman–Crippen MR) is 29.7 cm³/mol. The molecule has 0 radical (unpaired) electrons. The van der Waals surface area contributed by atoms with Gasteiger partial charge in [0.15, 0.2) is 6.73 Å². The first kappa shape index (κ1) is 5.90. The van der Waals surface area contributed by atoms with Crippen LogP contribution in [0.1, 0.15) is 0 Å². The van der Waals surface area contributed by atoms with Crippen molar-refractivity contribution in [3.05, 3.63) is 12.5 Å². The molecule has 0 aromatic carbocycles. The highest BCUT2D eigenvalue weighted by atomic mass is 16.5. The topological polar surface area (TPSA) is 67.6 Å². The van der Waals surface area contributed by atoms with Crippen molar-refractivity contribution in [2.45, 2.75) is 0 Å². The highest BCUT2D eigenvalue weighted by molar-refractivity contribution is 5.74. The highest BCUT2D eigenvalue weighted by Gasteiger charge is 2.11. The summed E-state index contributed by atoms with van der Waals surface area (Å²) in [6.07, 6.45) is 2.93. The lowest BCUT2D eigenvalue weighted by Crippen LogP contribution is -2.39. The quantitative estimate of drug-likeness (QED) is 0.259. The number of amides is 2. The van der Waals surface area contributed by atoms with Crippen molar-refractivity contribution in [1.29, 1.82) is 0 Å². The summed E-state index contributed by atoms with van der Waals surface area (Å²) in [5, 5.41) is 0. The van der Waals surface area contributed by atoms with Gasteiger partial charge in [0.2, 0.25) is 0 Å². The Bertz CT molecular complexity index is 145. The molecule has 0 saturated heterocycles. The van der Waals surface area contributed by atoms with Gasteiger partial charge in [-0.3, -0.25) is 10.3 Å². The van der Waals surface area contributed by atoms with Crippen molar-refractivity contribution in [1.82, 2.24) is 10.3 Å². The summed E-state index contributed by atoms with van der Waals surface area (Å²) < 4.78 is 4.71. The number of hydrazine groups is 1. The molecular weight excluding hydrogens is 122 g/mol. The van der Waals surface area contributed by atoms with E-state index >= 15 is 0 Å². The van der Waals surface area contributed by atoms with Gasteiger partial charge in [-0.25, -0.2) is 10.6 Å². The first-order valence-corrected chi connectivity index (χ1v) is 2.40. The summed E-state index contributed by atoms with van der Waals surface area (Å²) in [5.41, 5.74) is 1.96. The summed E-state index contributed by atoms with van der Waals surface area (Å²) in [6, 6.07) is -0.372. The van der Waals surface area contributed by atoms with Gasteiger partial charge in [-0.15, -0.1) is 0 Å². The Morgan fingerprint density at radius 1 is 1.89 bits per heavy atom. The van der Waals surface area contributed by atoms with Crippen molar-refractivity contribution in [2.75, 3.05) is 6.73 Å². The number of hydrogen-bond acceptors (Lipinski definition) is 3. The molecule has 5 heteroatoms. The van der Waals surface area contributed by atoms with Crippen LogP contribution < -0.4 is 11.3 Å². The summed E-state index contributed by atoms with van der Waals surface area (Å²) in [4.78, 5) is 11.9. The van der Waals surface area contributed by atoms with Crippen LogP contribution in [0.2, 0.25) is 0 Å².